The van der Waals surface area contributed by atoms with Crippen LogP contribution in [-0.4, -0.2) is 32.6 Å². The van der Waals surface area contributed by atoms with Crippen molar-refractivity contribution in [2.75, 3.05) is 6.54 Å². The summed E-state index contributed by atoms with van der Waals surface area (Å²) in [6, 6.07) is 0. The molecule has 0 saturated heterocycles. The Hall–Kier alpha value is -2.18. The van der Waals surface area contributed by atoms with Crippen molar-refractivity contribution in [3.8, 4) is 0 Å². The van der Waals surface area contributed by atoms with Crippen molar-refractivity contribution < 1.29 is 9.32 Å². The monoisotopic (exact) mass is 303 g/mol. The minimum Gasteiger partial charge on any atom is -0.350 e. The molecular weight excluding hydrogens is 282 g/mol. The molecule has 3 heterocycles. The van der Waals surface area contributed by atoms with E-state index >= 15 is 0 Å². The first-order chi connectivity index (χ1) is 10.3. The molecule has 7 heteroatoms. The van der Waals surface area contributed by atoms with Crippen LogP contribution in [0.15, 0.2) is 4.52 Å². The second kappa shape index (κ2) is 5.23. The van der Waals surface area contributed by atoms with E-state index in [2.05, 4.69) is 39.3 Å². The molecule has 0 bridgehead atoms. The first-order valence-corrected chi connectivity index (χ1v) is 7.52. The van der Waals surface area contributed by atoms with Gasteiger partial charge in [0, 0.05) is 18.2 Å². The Kier molecular flexibility index (Phi) is 3.50. The highest BCUT2D eigenvalue weighted by Gasteiger charge is 2.30. The molecule has 0 aliphatic carbocycles. The number of nitrogens with one attached hydrogen (secondary N) is 2. The lowest BCUT2D eigenvalue weighted by Gasteiger charge is -2.21. The fourth-order valence-corrected chi connectivity index (χ4v) is 2.53. The number of carbonyl (C=O) groups is 1. The van der Waals surface area contributed by atoms with Gasteiger partial charge in [0.2, 0.25) is 5.89 Å². The van der Waals surface area contributed by atoms with Crippen LogP contribution in [0, 0.1) is 5.41 Å². The van der Waals surface area contributed by atoms with Crippen LogP contribution in [0.4, 0.5) is 0 Å². The molecule has 1 amide bonds. The SMILES string of the molecule is CC(C)c1noc(Cc2nc3c([nH]2)CC(C)(C)CNC3=O)n1. The lowest BCUT2D eigenvalue weighted by atomic mass is 9.88. The molecule has 0 atom stereocenters. The molecule has 118 valence electrons. The first kappa shape index (κ1) is 14.7. The Morgan fingerprint density at radius 1 is 1.32 bits per heavy atom. The summed E-state index contributed by atoms with van der Waals surface area (Å²) < 4.78 is 5.23. The smallest absolute Gasteiger partial charge is 0.271 e. The third-order valence-corrected chi connectivity index (χ3v) is 3.74. The van der Waals surface area contributed by atoms with Gasteiger partial charge in [0.25, 0.3) is 5.91 Å². The van der Waals surface area contributed by atoms with Gasteiger partial charge in [0.05, 0.1) is 6.42 Å². The normalized spacial score (nSPS) is 17.2. The molecular formula is C15H21N5O2. The zero-order valence-corrected chi connectivity index (χ0v) is 13.4. The third kappa shape index (κ3) is 2.88. The summed E-state index contributed by atoms with van der Waals surface area (Å²) in [7, 11) is 0. The van der Waals surface area contributed by atoms with Crippen LogP contribution in [0.2, 0.25) is 0 Å². The maximum atomic E-state index is 12.1. The van der Waals surface area contributed by atoms with Crippen molar-refractivity contribution in [2.24, 2.45) is 5.41 Å². The predicted octanol–water partition coefficient (Wildman–Crippen LogP) is 1.82. The van der Waals surface area contributed by atoms with Gasteiger partial charge in [-0.25, -0.2) is 4.98 Å². The van der Waals surface area contributed by atoms with Crippen molar-refractivity contribution in [3.63, 3.8) is 0 Å². The average molecular weight is 303 g/mol. The van der Waals surface area contributed by atoms with Gasteiger partial charge >= 0.3 is 0 Å². The summed E-state index contributed by atoms with van der Waals surface area (Å²) in [5, 5.41) is 6.85. The molecule has 1 aliphatic rings. The topological polar surface area (TPSA) is 96.7 Å². The van der Waals surface area contributed by atoms with Crippen molar-refractivity contribution in [3.05, 3.63) is 28.9 Å². The third-order valence-electron chi connectivity index (χ3n) is 3.74. The van der Waals surface area contributed by atoms with Crippen LogP contribution in [0.25, 0.3) is 0 Å². The summed E-state index contributed by atoms with van der Waals surface area (Å²) in [6.07, 6.45) is 1.18. The number of rotatable bonds is 3. The van der Waals surface area contributed by atoms with Gasteiger partial charge in [-0.15, -0.1) is 0 Å². The molecule has 0 radical (unpaired) electrons. The van der Waals surface area contributed by atoms with Crippen molar-refractivity contribution in [1.29, 1.82) is 0 Å². The highest BCUT2D eigenvalue weighted by atomic mass is 16.5. The Balaban J connectivity index is 1.84. The predicted molar refractivity (Wildman–Crippen MR) is 79.6 cm³/mol. The van der Waals surface area contributed by atoms with E-state index < -0.39 is 0 Å². The zero-order chi connectivity index (χ0) is 15.9. The number of fused-ring (bicyclic) bond motifs is 1. The fraction of sp³-hybridized carbons (Fsp3) is 0.600. The molecule has 7 nitrogen and oxygen atoms in total. The molecule has 3 rings (SSSR count). The minimum absolute atomic E-state index is 0.0000130. The number of hydrogen-bond acceptors (Lipinski definition) is 5. The zero-order valence-electron chi connectivity index (χ0n) is 13.4. The quantitative estimate of drug-likeness (QED) is 0.901. The number of H-pyrrole nitrogens is 1. The molecule has 0 aromatic carbocycles. The number of hydrogen-bond donors (Lipinski definition) is 2. The van der Waals surface area contributed by atoms with Crippen molar-refractivity contribution in [1.82, 2.24) is 25.4 Å². The van der Waals surface area contributed by atoms with Crippen LogP contribution < -0.4 is 5.32 Å². The van der Waals surface area contributed by atoms with Gasteiger partial charge in [0.15, 0.2) is 5.82 Å². The molecule has 0 unspecified atom stereocenters. The Morgan fingerprint density at radius 3 is 2.77 bits per heavy atom. The van der Waals surface area contributed by atoms with E-state index in [1.807, 2.05) is 13.8 Å². The summed E-state index contributed by atoms with van der Waals surface area (Å²) in [6.45, 7) is 8.91. The standard InChI is InChI=1S/C15H21N5O2/c1-8(2)13-19-11(22-20-13)5-10-17-9-6-15(3,4)7-16-14(21)12(9)18-10/h8H,5-7H2,1-4H3,(H,16,21)(H,17,18). The van der Waals surface area contributed by atoms with Gasteiger partial charge in [-0.05, 0) is 11.8 Å². The van der Waals surface area contributed by atoms with Gasteiger partial charge < -0.3 is 14.8 Å². The lowest BCUT2D eigenvalue weighted by molar-refractivity contribution is 0.0940. The van der Waals surface area contributed by atoms with E-state index in [-0.39, 0.29) is 17.2 Å². The van der Waals surface area contributed by atoms with Gasteiger partial charge in [0.1, 0.15) is 11.5 Å². The Bertz CT molecular complexity index is 699. The summed E-state index contributed by atoms with van der Waals surface area (Å²) in [5.74, 6) is 1.96. The van der Waals surface area contributed by atoms with Gasteiger partial charge in [-0.2, -0.15) is 4.98 Å². The van der Waals surface area contributed by atoms with Crippen LogP contribution in [-0.2, 0) is 12.8 Å². The van der Waals surface area contributed by atoms with Crippen molar-refractivity contribution in [2.45, 2.75) is 46.5 Å². The second-order valence-electron chi connectivity index (χ2n) is 6.91. The van der Waals surface area contributed by atoms with Crippen LogP contribution in [0.5, 0.6) is 0 Å². The number of carbonyl (C=O) groups excluding carboxylic acids is 1. The van der Waals surface area contributed by atoms with E-state index in [1.165, 1.54) is 0 Å². The van der Waals surface area contributed by atoms with E-state index in [9.17, 15) is 4.79 Å². The largest absolute Gasteiger partial charge is 0.350 e. The lowest BCUT2D eigenvalue weighted by Crippen LogP contribution is -2.32. The molecule has 0 saturated carbocycles. The fourth-order valence-electron chi connectivity index (χ4n) is 2.53. The molecule has 22 heavy (non-hydrogen) atoms. The van der Waals surface area contributed by atoms with Crippen LogP contribution in [0.3, 0.4) is 0 Å². The Morgan fingerprint density at radius 2 is 2.09 bits per heavy atom. The molecule has 2 aromatic heterocycles. The van der Waals surface area contributed by atoms with Crippen LogP contribution in [0.1, 0.15) is 67.3 Å². The maximum absolute atomic E-state index is 12.1. The van der Waals surface area contributed by atoms with E-state index in [0.29, 0.717) is 36.2 Å². The van der Waals surface area contributed by atoms with E-state index in [1.54, 1.807) is 0 Å². The molecule has 1 aliphatic heterocycles. The van der Waals surface area contributed by atoms with Crippen molar-refractivity contribution >= 4 is 5.91 Å². The van der Waals surface area contributed by atoms with E-state index in [4.69, 9.17) is 4.52 Å². The van der Waals surface area contributed by atoms with E-state index in [0.717, 1.165) is 12.1 Å². The second-order valence-corrected chi connectivity index (χ2v) is 6.91. The minimum atomic E-state index is -0.128. The molecule has 2 N–H and O–H groups in total. The maximum Gasteiger partial charge on any atom is 0.271 e. The number of nitrogens with zero attached hydrogens (tertiary/aromatic N) is 3. The number of aromatic nitrogens is 4. The van der Waals surface area contributed by atoms with Gasteiger partial charge in [-0.1, -0.05) is 32.9 Å². The number of imidazole rings is 1. The molecule has 0 fully saturated rings. The summed E-state index contributed by atoms with van der Waals surface area (Å²) in [4.78, 5) is 24.1. The summed E-state index contributed by atoms with van der Waals surface area (Å²) >= 11 is 0. The van der Waals surface area contributed by atoms with Crippen LogP contribution >= 0.6 is 0 Å². The van der Waals surface area contributed by atoms with Gasteiger partial charge in [-0.3, -0.25) is 4.79 Å². The molecule has 2 aromatic rings. The first-order valence-electron chi connectivity index (χ1n) is 7.52. The Labute approximate surface area is 128 Å². The highest BCUT2D eigenvalue weighted by molar-refractivity contribution is 5.93. The highest BCUT2D eigenvalue weighted by Crippen LogP contribution is 2.25. The summed E-state index contributed by atoms with van der Waals surface area (Å²) in [5.41, 5.74) is 1.35. The number of aromatic amines is 1. The molecule has 0 spiro atoms. The average Bonchev–Trinajstić information content (AvgIpc) is 3.01. The number of amides is 1.